The van der Waals surface area contributed by atoms with E-state index in [1.807, 2.05) is 13.8 Å². The van der Waals surface area contributed by atoms with Crippen LogP contribution < -0.4 is 27.4 Å². The van der Waals surface area contributed by atoms with Crippen molar-refractivity contribution in [1.29, 1.82) is 0 Å². The number of amides is 1. The van der Waals surface area contributed by atoms with Crippen LogP contribution in [-0.2, 0) is 7.05 Å². The van der Waals surface area contributed by atoms with Crippen LogP contribution in [0.25, 0.3) is 16.6 Å². The third-order valence-corrected chi connectivity index (χ3v) is 6.73. The topological polar surface area (TPSA) is 107 Å². The van der Waals surface area contributed by atoms with Crippen molar-refractivity contribution in [3.8, 4) is 5.69 Å². The largest absolute Gasteiger partial charge is 0.355 e. The van der Waals surface area contributed by atoms with Gasteiger partial charge in [-0.15, -0.1) is 0 Å². The molecule has 0 spiro atoms. The third kappa shape index (κ3) is 4.78. The Morgan fingerprint density at radius 2 is 1.69 bits per heavy atom. The average molecular weight is 534 g/mol. The molecule has 1 aliphatic carbocycles. The number of benzene rings is 2. The highest BCUT2D eigenvalue weighted by Gasteiger charge is 2.31. The van der Waals surface area contributed by atoms with Gasteiger partial charge in [-0.1, -0.05) is 26.0 Å². The molecule has 0 unspecified atom stereocenters. The lowest BCUT2D eigenvalue weighted by molar-refractivity contribution is 0.0963. The van der Waals surface area contributed by atoms with E-state index in [1.165, 1.54) is 46.0 Å². The predicted molar refractivity (Wildman–Crippen MR) is 151 cm³/mol. The second-order valence-electron chi connectivity index (χ2n) is 9.32. The number of fused-ring (bicyclic) bond motifs is 1. The molecule has 9 nitrogen and oxygen atoms in total. The van der Waals surface area contributed by atoms with E-state index in [9.17, 15) is 23.6 Å². The van der Waals surface area contributed by atoms with Gasteiger partial charge in [-0.3, -0.25) is 28.1 Å². The monoisotopic (exact) mass is 533 g/mol. The lowest BCUT2D eigenvalue weighted by atomic mass is 10.1. The standard InChI is InChI=1S/C27H26FN5O4.C2H6/c1-14-8-11-20(19(28)12-14)30-23-21-22(15(2)25(35)31(23)4)32(27(37)33(26(21)36)17-9-10-17)18-7-5-6-16(13-18)24(34)29-3;1-2/h5-8,11-13,17,30H,9-10H2,1-4H3,(H,29,34);1-2H3. The predicted octanol–water partition coefficient (Wildman–Crippen LogP) is 4.07. The molecule has 1 amide bonds. The minimum absolute atomic E-state index is 0.0731. The molecular weight excluding hydrogens is 501 g/mol. The summed E-state index contributed by atoms with van der Waals surface area (Å²) >= 11 is 0. The summed E-state index contributed by atoms with van der Waals surface area (Å²) in [5, 5.41) is 5.57. The van der Waals surface area contributed by atoms with Crippen molar-refractivity contribution in [2.75, 3.05) is 12.4 Å². The van der Waals surface area contributed by atoms with Crippen LogP contribution in [0.2, 0.25) is 0 Å². The van der Waals surface area contributed by atoms with Crippen LogP contribution in [-0.4, -0.2) is 26.7 Å². The summed E-state index contributed by atoms with van der Waals surface area (Å²) in [6, 6.07) is 10.7. The number of carbonyl (C=O) groups excluding carboxylic acids is 1. The zero-order valence-electron chi connectivity index (χ0n) is 22.9. The molecule has 2 aromatic carbocycles. The van der Waals surface area contributed by atoms with Crippen LogP contribution in [0.4, 0.5) is 15.9 Å². The molecule has 1 saturated carbocycles. The van der Waals surface area contributed by atoms with Gasteiger partial charge in [-0.2, -0.15) is 0 Å². The van der Waals surface area contributed by atoms with Gasteiger partial charge in [-0.25, -0.2) is 9.18 Å². The first kappa shape index (κ1) is 27.6. The summed E-state index contributed by atoms with van der Waals surface area (Å²) in [5.74, 6) is -0.821. The van der Waals surface area contributed by atoms with Crippen LogP contribution in [0, 0.1) is 19.7 Å². The molecule has 4 aromatic rings. The van der Waals surface area contributed by atoms with E-state index in [4.69, 9.17) is 0 Å². The first-order valence-electron chi connectivity index (χ1n) is 12.9. The summed E-state index contributed by atoms with van der Waals surface area (Å²) in [7, 11) is 2.99. The highest BCUT2D eigenvalue weighted by atomic mass is 19.1. The Bertz CT molecular complexity index is 1780. The molecule has 2 N–H and O–H groups in total. The molecular formula is C29H32FN5O4. The fourth-order valence-corrected chi connectivity index (χ4v) is 4.63. The van der Waals surface area contributed by atoms with Gasteiger partial charge >= 0.3 is 5.69 Å². The van der Waals surface area contributed by atoms with Crippen LogP contribution in [0.15, 0.2) is 56.8 Å². The van der Waals surface area contributed by atoms with Crippen LogP contribution in [0.3, 0.4) is 0 Å². The number of halogens is 1. The Hall–Kier alpha value is -4.47. The minimum Gasteiger partial charge on any atom is -0.355 e. The number of hydrogen-bond donors (Lipinski definition) is 2. The van der Waals surface area contributed by atoms with E-state index in [-0.39, 0.29) is 39.9 Å². The molecule has 0 radical (unpaired) electrons. The lowest BCUT2D eigenvalue weighted by Gasteiger charge is -2.21. The summed E-state index contributed by atoms with van der Waals surface area (Å²) < 4.78 is 18.5. The normalized spacial score (nSPS) is 12.6. The van der Waals surface area contributed by atoms with Crippen LogP contribution >= 0.6 is 0 Å². The SMILES string of the molecule is CC.CNC(=O)c1cccc(-n2c(=O)n(C3CC3)c(=O)c3c(Nc4ccc(C)cc4F)n(C)c(=O)c(C)c32)c1. The van der Waals surface area contributed by atoms with Crippen molar-refractivity contribution in [2.45, 2.75) is 46.6 Å². The highest BCUT2D eigenvalue weighted by Crippen LogP contribution is 2.34. The number of hydrogen-bond acceptors (Lipinski definition) is 5. The zero-order valence-corrected chi connectivity index (χ0v) is 22.9. The van der Waals surface area contributed by atoms with Gasteiger partial charge in [0.05, 0.1) is 16.9 Å². The number of nitrogens with zero attached hydrogens (tertiary/aromatic N) is 3. The van der Waals surface area contributed by atoms with Crippen molar-refractivity contribution >= 4 is 28.3 Å². The molecule has 2 aromatic heterocycles. The Labute approximate surface area is 224 Å². The van der Waals surface area contributed by atoms with Gasteiger partial charge in [0, 0.05) is 31.3 Å². The number of pyridine rings is 1. The second-order valence-corrected chi connectivity index (χ2v) is 9.32. The first-order valence-corrected chi connectivity index (χ1v) is 12.9. The van der Waals surface area contributed by atoms with E-state index < -0.39 is 22.6 Å². The number of anilines is 2. The summed E-state index contributed by atoms with van der Waals surface area (Å²) in [6.45, 7) is 7.30. The number of aromatic nitrogens is 3. The highest BCUT2D eigenvalue weighted by molar-refractivity contribution is 5.96. The molecule has 39 heavy (non-hydrogen) atoms. The molecule has 1 aliphatic rings. The molecule has 0 bridgehead atoms. The van der Waals surface area contributed by atoms with Crippen LogP contribution in [0.5, 0.6) is 0 Å². The maximum Gasteiger partial charge on any atom is 0.336 e. The van der Waals surface area contributed by atoms with Gasteiger partial charge in [-0.05, 0) is 62.6 Å². The van der Waals surface area contributed by atoms with Gasteiger partial charge in [0.25, 0.3) is 17.0 Å². The zero-order chi connectivity index (χ0) is 28.6. The number of rotatable bonds is 5. The van der Waals surface area contributed by atoms with E-state index in [0.29, 0.717) is 29.7 Å². The van der Waals surface area contributed by atoms with Gasteiger partial charge in [0.1, 0.15) is 17.0 Å². The maximum atomic E-state index is 14.8. The fourth-order valence-electron chi connectivity index (χ4n) is 4.63. The van der Waals surface area contributed by atoms with Crippen molar-refractivity contribution in [2.24, 2.45) is 7.05 Å². The lowest BCUT2D eigenvalue weighted by Crippen LogP contribution is -2.41. The molecule has 0 atom stereocenters. The molecule has 1 fully saturated rings. The first-order chi connectivity index (χ1) is 18.6. The van der Waals surface area contributed by atoms with Crippen molar-refractivity contribution < 1.29 is 9.18 Å². The molecule has 2 heterocycles. The Morgan fingerprint density at radius 1 is 1.00 bits per heavy atom. The average Bonchev–Trinajstić information content (AvgIpc) is 3.77. The maximum absolute atomic E-state index is 14.8. The number of aryl methyl sites for hydroxylation is 2. The molecule has 0 saturated heterocycles. The minimum atomic E-state index is -0.599. The third-order valence-electron chi connectivity index (χ3n) is 6.73. The number of nitrogens with one attached hydrogen (secondary N) is 2. The molecule has 5 rings (SSSR count). The number of carbonyl (C=O) groups is 1. The van der Waals surface area contributed by atoms with E-state index >= 15 is 0 Å². The van der Waals surface area contributed by atoms with Crippen molar-refractivity contribution in [3.05, 3.63) is 96.2 Å². The summed E-state index contributed by atoms with van der Waals surface area (Å²) in [4.78, 5) is 53.3. The van der Waals surface area contributed by atoms with Gasteiger partial charge in [0.2, 0.25) is 0 Å². The Balaban J connectivity index is 0.00000172. The second kappa shape index (κ2) is 10.7. The Kier molecular flexibility index (Phi) is 7.58. The molecule has 0 aliphatic heterocycles. The molecule has 10 heteroatoms. The van der Waals surface area contributed by atoms with Crippen molar-refractivity contribution in [3.63, 3.8) is 0 Å². The smallest absolute Gasteiger partial charge is 0.336 e. The quantitative estimate of drug-likeness (QED) is 0.402. The summed E-state index contributed by atoms with van der Waals surface area (Å²) in [5.41, 5.74) is 0.109. The van der Waals surface area contributed by atoms with E-state index in [0.717, 1.165) is 0 Å². The molecule has 204 valence electrons. The van der Waals surface area contributed by atoms with Crippen molar-refractivity contribution in [1.82, 2.24) is 19.0 Å². The summed E-state index contributed by atoms with van der Waals surface area (Å²) in [6.07, 6.45) is 1.33. The van der Waals surface area contributed by atoms with E-state index in [2.05, 4.69) is 10.6 Å². The fraction of sp³-hybridized carbons (Fsp3) is 0.310. The van der Waals surface area contributed by atoms with E-state index in [1.54, 1.807) is 38.1 Å². The van der Waals surface area contributed by atoms with Gasteiger partial charge in [0.15, 0.2) is 0 Å². The Morgan fingerprint density at radius 3 is 2.31 bits per heavy atom. The van der Waals surface area contributed by atoms with Gasteiger partial charge < -0.3 is 10.6 Å². The van der Waals surface area contributed by atoms with Crippen LogP contribution in [0.1, 0.15) is 54.2 Å².